The van der Waals surface area contributed by atoms with Crippen LogP contribution in [-0.4, -0.2) is 36.2 Å². The minimum atomic E-state index is -3.70. The van der Waals surface area contributed by atoms with Crippen molar-refractivity contribution in [3.8, 4) is 0 Å². The third-order valence-corrected chi connectivity index (χ3v) is 3.31. The number of rotatable bonds is 5. The zero-order valence-corrected chi connectivity index (χ0v) is 10.7. The molecule has 0 amide bonds. The molecule has 1 aromatic rings. The average Bonchev–Trinajstić information content (AvgIpc) is 2.56. The Hall–Kier alpha value is -0.920. The van der Waals surface area contributed by atoms with E-state index in [4.69, 9.17) is 5.14 Å². The van der Waals surface area contributed by atoms with Crippen LogP contribution >= 0.6 is 0 Å². The summed E-state index contributed by atoms with van der Waals surface area (Å²) in [5.74, 6) is 0. The minimum absolute atomic E-state index is 0.0721. The molecule has 0 radical (unpaired) electrons. The lowest BCUT2D eigenvalue weighted by molar-refractivity contribution is 0.287. The Labute approximate surface area is 96.1 Å². The van der Waals surface area contributed by atoms with Crippen molar-refractivity contribution in [2.45, 2.75) is 25.4 Å². The van der Waals surface area contributed by atoms with Crippen LogP contribution in [0.5, 0.6) is 0 Å². The second-order valence-corrected chi connectivity index (χ2v) is 5.11. The molecule has 1 rings (SSSR count). The summed E-state index contributed by atoms with van der Waals surface area (Å²) in [6.07, 6.45) is 0. The van der Waals surface area contributed by atoms with Gasteiger partial charge in [-0.2, -0.15) is 5.10 Å². The maximum absolute atomic E-state index is 11.1. The molecule has 0 fully saturated rings. The smallest absolute Gasteiger partial charge is 0.257 e. The molecule has 0 unspecified atom stereocenters. The summed E-state index contributed by atoms with van der Waals surface area (Å²) in [7, 11) is -1.99. The molecule has 7 heteroatoms. The molecule has 0 aromatic carbocycles. The van der Waals surface area contributed by atoms with Crippen molar-refractivity contribution in [3.05, 3.63) is 11.8 Å². The lowest BCUT2D eigenvalue weighted by Gasteiger charge is -2.17. The Bertz CT molecular complexity index is 448. The van der Waals surface area contributed by atoms with Gasteiger partial charge in [-0.1, -0.05) is 13.8 Å². The first-order valence-corrected chi connectivity index (χ1v) is 6.71. The van der Waals surface area contributed by atoms with E-state index in [2.05, 4.69) is 23.8 Å². The fraction of sp³-hybridized carbons (Fsp3) is 0.667. The number of aryl methyl sites for hydroxylation is 1. The van der Waals surface area contributed by atoms with E-state index in [1.807, 2.05) is 0 Å². The molecule has 0 saturated carbocycles. The van der Waals surface area contributed by atoms with Gasteiger partial charge < -0.3 is 0 Å². The molecule has 2 N–H and O–H groups in total. The van der Waals surface area contributed by atoms with Gasteiger partial charge in [-0.3, -0.25) is 9.58 Å². The Morgan fingerprint density at radius 1 is 1.44 bits per heavy atom. The molecule has 0 aliphatic carbocycles. The summed E-state index contributed by atoms with van der Waals surface area (Å²) in [6, 6.07) is 1.52. The standard InChI is InChI=1S/C9H18N4O2S/c1-4-13(5-2)7-8-6-9(11-12(8)3)16(10,14)15/h6H,4-5,7H2,1-3H3,(H2,10,14,15). The Kier molecular flexibility index (Phi) is 4.06. The molecule has 1 aromatic heterocycles. The van der Waals surface area contributed by atoms with E-state index in [0.29, 0.717) is 6.54 Å². The van der Waals surface area contributed by atoms with Crippen LogP contribution in [0.25, 0.3) is 0 Å². The average molecular weight is 246 g/mol. The first-order valence-electron chi connectivity index (χ1n) is 5.16. The van der Waals surface area contributed by atoms with Crippen LogP contribution in [0, 0.1) is 0 Å². The number of sulfonamides is 1. The molecule has 0 atom stereocenters. The summed E-state index contributed by atoms with van der Waals surface area (Å²) < 4.78 is 23.8. The zero-order valence-electron chi connectivity index (χ0n) is 9.84. The number of nitrogens with two attached hydrogens (primary N) is 1. The molecule has 16 heavy (non-hydrogen) atoms. The quantitative estimate of drug-likeness (QED) is 0.787. The van der Waals surface area contributed by atoms with Crippen molar-refractivity contribution in [2.24, 2.45) is 12.2 Å². The third kappa shape index (κ3) is 3.03. The normalized spacial score (nSPS) is 12.3. The first kappa shape index (κ1) is 13.1. The van der Waals surface area contributed by atoms with Crippen LogP contribution in [-0.2, 0) is 23.6 Å². The first-order chi connectivity index (χ1) is 7.38. The molecule has 1 heterocycles. The third-order valence-electron chi connectivity index (χ3n) is 2.53. The summed E-state index contributed by atoms with van der Waals surface area (Å²) in [5, 5.41) is 8.83. The maximum Gasteiger partial charge on any atom is 0.257 e. The topological polar surface area (TPSA) is 81.2 Å². The van der Waals surface area contributed by atoms with Gasteiger partial charge in [-0.25, -0.2) is 13.6 Å². The minimum Gasteiger partial charge on any atom is -0.298 e. The van der Waals surface area contributed by atoms with E-state index in [9.17, 15) is 8.42 Å². The number of hydrogen-bond donors (Lipinski definition) is 1. The van der Waals surface area contributed by atoms with Gasteiger partial charge in [0, 0.05) is 19.7 Å². The number of nitrogens with zero attached hydrogens (tertiary/aromatic N) is 3. The summed E-state index contributed by atoms with van der Waals surface area (Å²) in [6.45, 7) is 6.60. The highest BCUT2D eigenvalue weighted by Gasteiger charge is 2.15. The molecule has 0 spiro atoms. The van der Waals surface area contributed by atoms with Gasteiger partial charge in [-0.15, -0.1) is 0 Å². The van der Waals surface area contributed by atoms with Crippen molar-refractivity contribution >= 4 is 10.0 Å². The van der Waals surface area contributed by atoms with Crippen LogP contribution in [0.3, 0.4) is 0 Å². The predicted octanol–water partition coefficient (Wildman–Crippen LogP) is -0.0907. The molecule has 0 bridgehead atoms. The maximum atomic E-state index is 11.1. The van der Waals surface area contributed by atoms with Crippen LogP contribution in [0.15, 0.2) is 11.1 Å². The van der Waals surface area contributed by atoms with Crippen LogP contribution < -0.4 is 5.14 Å². The SMILES string of the molecule is CCN(CC)Cc1cc(S(N)(=O)=O)nn1C. The number of hydrogen-bond acceptors (Lipinski definition) is 4. The zero-order chi connectivity index (χ0) is 12.3. The molecule has 6 nitrogen and oxygen atoms in total. The summed E-state index contributed by atoms with van der Waals surface area (Å²) >= 11 is 0. The van der Waals surface area contributed by atoms with E-state index in [1.165, 1.54) is 6.07 Å². The molecule has 92 valence electrons. The van der Waals surface area contributed by atoms with Crippen molar-refractivity contribution in [1.29, 1.82) is 0 Å². The van der Waals surface area contributed by atoms with E-state index in [-0.39, 0.29) is 5.03 Å². The molecular weight excluding hydrogens is 228 g/mol. The second-order valence-electron chi connectivity index (χ2n) is 3.60. The van der Waals surface area contributed by atoms with Gasteiger partial charge in [-0.05, 0) is 13.1 Å². The van der Waals surface area contributed by atoms with E-state index in [0.717, 1.165) is 18.8 Å². The van der Waals surface area contributed by atoms with Crippen molar-refractivity contribution in [3.63, 3.8) is 0 Å². The fourth-order valence-electron chi connectivity index (χ4n) is 1.44. The Morgan fingerprint density at radius 3 is 2.38 bits per heavy atom. The highest BCUT2D eigenvalue weighted by molar-refractivity contribution is 7.89. The highest BCUT2D eigenvalue weighted by atomic mass is 32.2. The van der Waals surface area contributed by atoms with Crippen LogP contribution in [0.2, 0.25) is 0 Å². The Balaban J connectivity index is 2.94. The molecule has 0 saturated heterocycles. The lowest BCUT2D eigenvalue weighted by Crippen LogP contribution is -2.23. The summed E-state index contributed by atoms with van der Waals surface area (Å²) in [4.78, 5) is 2.17. The largest absolute Gasteiger partial charge is 0.298 e. The predicted molar refractivity (Wildman–Crippen MR) is 61.2 cm³/mol. The van der Waals surface area contributed by atoms with Crippen LogP contribution in [0.4, 0.5) is 0 Å². The highest BCUT2D eigenvalue weighted by Crippen LogP contribution is 2.09. The van der Waals surface area contributed by atoms with Gasteiger partial charge in [0.25, 0.3) is 10.0 Å². The second kappa shape index (κ2) is 4.94. The summed E-state index contributed by atoms with van der Waals surface area (Å²) in [5.41, 5.74) is 0.840. The van der Waals surface area contributed by atoms with E-state index < -0.39 is 10.0 Å². The van der Waals surface area contributed by atoms with Gasteiger partial charge in [0.05, 0.1) is 5.69 Å². The van der Waals surface area contributed by atoms with Crippen molar-refractivity contribution < 1.29 is 8.42 Å². The molecule has 0 aliphatic rings. The number of primary sulfonamides is 1. The van der Waals surface area contributed by atoms with E-state index in [1.54, 1.807) is 11.7 Å². The lowest BCUT2D eigenvalue weighted by atomic mass is 10.3. The number of aromatic nitrogens is 2. The van der Waals surface area contributed by atoms with Crippen molar-refractivity contribution in [2.75, 3.05) is 13.1 Å². The van der Waals surface area contributed by atoms with Gasteiger partial charge in [0.15, 0.2) is 5.03 Å². The molecule has 0 aliphatic heterocycles. The fourth-order valence-corrected chi connectivity index (χ4v) is 1.98. The monoisotopic (exact) mass is 246 g/mol. The van der Waals surface area contributed by atoms with Gasteiger partial charge >= 0.3 is 0 Å². The van der Waals surface area contributed by atoms with Gasteiger partial charge in [0.2, 0.25) is 0 Å². The van der Waals surface area contributed by atoms with Crippen LogP contribution in [0.1, 0.15) is 19.5 Å². The van der Waals surface area contributed by atoms with Gasteiger partial charge in [0.1, 0.15) is 0 Å². The van der Waals surface area contributed by atoms with Crippen molar-refractivity contribution in [1.82, 2.24) is 14.7 Å². The molecular formula is C9H18N4O2S. The van der Waals surface area contributed by atoms with E-state index >= 15 is 0 Å². The Morgan fingerprint density at radius 2 is 2.00 bits per heavy atom.